The predicted molar refractivity (Wildman–Crippen MR) is 125 cm³/mol. The molecule has 2 aliphatic heterocycles. The summed E-state index contributed by atoms with van der Waals surface area (Å²) in [5.41, 5.74) is 4.40. The van der Waals surface area contributed by atoms with Crippen molar-refractivity contribution in [2.75, 3.05) is 35.0 Å². The minimum Gasteiger partial charge on any atom is -0.496 e. The summed E-state index contributed by atoms with van der Waals surface area (Å²) in [5.74, 6) is 1.90. The molecule has 2 aromatic carbocycles. The number of aliphatic hydroxyl groups excluding tert-OH is 1. The van der Waals surface area contributed by atoms with E-state index in [0.717, 1.165) is 27.8 Å². The number of aliphatic hydroxyl groups is 1. The smallest absolute Gasteiger partial charge is 0.228 e. The number of amides is 1. The van der Waals surface area contributed by atoms with Crippen molar-refractivity contribution in [1.82, 2.24) is 4.90 Å². The molecular weight excluding hydrogens is 469 g/mol. The Morgan fingerprint density at radius 3 is 2.00 bits per heavy atom. The molecule has 2 aromatic rings. The van der Waals surface area contributed by atoms with Crippen molar-refractivity contribution in [2.45, 2.75) is 38.8 Å². The SMILES string of the molecule is COc1c(C)c(OC)c2c(c1Cl)[C@@H]1Cc3c(Cl)c(C)c(OC)c(OC)c3[C@H](CO)N1C(=O)C2. The molecule has 0 saturated carbocycles. The monoisotopic (exact) mass is 495 g/mol. The van der Waals surface area contributed by atoms with E-state index in [2.05, 4.69) is 0 Å². The van der Waals surface area contributed by atoms with Crippen LogP contribution in [0.3, 0.4) is 0 Å². The molecule has 0 saturated heterocycles. The molecule has 178 valence electrons. The van der Waals surface area contributed by atoms with Gasteiger partial charge in [0.2, 0.25) is 5.91 Å². The summed E-state index contributed by atoms with van der Waals surface area (Å²) < 4.78 is 22.5. The van der Waals surface area contributed by atoms with Crippen molar-refractivity contribution in [3.8, 4) is 23.0 Å². The first-order chi connectivity index (χ1) is 15.8. The van der Waals surface area contributed by atoms with Gasteiger partial charge in [0.25, 0.3) is 0 Å². The number of methoxy groups -OCH3 is 4. The molecule has 0 bridgehead atoms. The van der Waals surface area contributed by atoms with E-state index in [4.69, 9.17) is 42.1 Å². The first-order valence-corrected chi connectivity index (χ1v) is 11.3. The molecular formula is C24H27Cl2NO6. The van der Waals surface area contributed by atoms with Crippen LogP contribution < -0.4 is 18.9 Å². The molecule has 0 fully saturated rings. The number of rotatable bonds is 5. The lowest BCUT2D eigenvalue weighted by molar-refractivity contribution is -0.139. The number of hydrogen-bond donors (Lipinski definition) is 1. The Labute approximate surface area is 203 Å². The van der Waals surface area contributed by atoms with Gasteiger partial charge in [0.05, 0.1) is 63.6 Å². The molecule has 1 N–H and O–H groups in total. The zero-order chi connectivity index (χ0) is 24.2. The molecule has 1 amide bonds. The van der Waals surface area contributed by atoms with Crippen molar-refractivity contribution in [1.29, 1.82) is 0 Å². The topological polar surface area (TPSA) is 77.5 Å². The summed E-state index contributed by atoms with van der Waals surface area (Å²) in [6.45, 7) is 3.39. The van der Waals surface area contributed by atoms with Crippen molar-refractivity contribution in [2.24, 2.45) is 0 Å². The van der Waals surface area contributed by atoms with Crippen molar-refractivity contribution >= 4 is 29.1 Å². The van der Waals surface area contributed by atoms with E-state index < -0.39 is 12.1 Å². The van der Waals surface area contributed by atoms with Crippen LogP contribution in [0.4, 0.5) is 0 Å². The lowest BCUT2D eigenvalue weighted by Crippen LogP contribution is -2.48. The van der Waals surface area contributed by atoms with Crippen molar-refractivity contribution in [3.63, 3.8) is 0 Å². The minimum atomic E-state index is -0.685. The normalized spacial score (nSPS) is 18.9. The molecule has 2 atom stereocenters. The van der Waals surface area contributed by atoms with Gasteiger partial charge in [-0.05, 0) is 25.8 Å². The average Bonchev–Trinajstić information content (AvgIpc) is 2.80. The Kier molecular flexibility index (Phi) is 6.33. The fraction of sp³-hybridized carbons (Fsp3) is 0.458. The number of halogens is 2. The average molecular weight is 496 g/mol. The quantitative estimate of drug-likeness (QED) is 0.663. The summed E-state index contributed by atoms with van der Waals surface area (Å²) in [7, 11) is 6.19. The molecule has 9 heteroatoms. The van der Waals surface area contributed by atoms with Gasteiger partial charge in [0, 0.05) is 27.8 Å². The standard InChI is InChI=1S/C24H27Cl2NO6/c1-10-19(25)12-7-14-17-13(21(30-3)11(2)22(31-4)20(17)26)8-16(29)27(14)15(9-28)18(12)24(33-6)23(10)32-5/h14-15,28H,7-9H2,1-6H3/t14-,15-/m0/s1. The Hall–Kier alpha value is -2.35. The van der Waals surface area contributed by atoms with Crippen LogP contribution in [-0.2, 0) is 17.6 Å². The third-order valence-electron chi connectivity index (χ3n) is 6.77. The van der Waals surface area contributed by atoms with E-state index in [1.807, 2.05) is 13.8 Å². The second-order valence-corrected chi connectivity index (χ2v) is 8.95. The van der Waals surface area contributed by atoms with Gasteiger partial charge in [-0.15, -0.1) is 0 Å². The van der Waals surface area contributed by atoms with Gasteiger partial charge < -0.3 is 29.0 Å². The summed E-state index contributed by atoms with van der Waals surface area (Å²) in [5, 5.41) is 11.4. The maximum absolute atomic E-state index is 13.5. The van der Waals surface area contributed by atoms with Crippen LogP contribution in [0.2, 0.25) is 10.0 Å². The van der Waals surface area contributed by atoms with Gasteiger partial charge in [0.15, 0.2) is 11.5 Å². The highest BCUT2D eigenvalue weighted by Gasteiger charge is 2.47. The molecule has 0 radical (unpaired) electrons. The third kappa shape index (κ3) is 3.24. The molecule has 2 aliphatic rings. The second-order valence-electron chi connectivity index (χ2n) is 8.19. The highest BCUT2D eigenvalue weighted by molar-refractivity contribution is 6.33. The highest BCUT2D eigenvalue weighted by atomic mass is 35.5. The second kappa shape index (κ2) is 8.78. The lowest BCUT2D eigenvalue weighted by atomic mass is 9.78. The Morgan fingerprint density at radius 2 is 1.45 bits per heavy atom. The van der Waals surface area contributed by atoms with Gasteiger partial charge in [-0.3, -0.25) is 4.79 Å². The maximum atomic E-state index is 13.5. The van der Waals surface area contributed by atoms with E-state index in [9.17, 15) is 9.90 Å². The summed E-state index contributed by atoms with van der Waals surface area (Å²) in [6.07, 6.45) is 0.476. The van der Waals surface area contributed by atoms with E-state index in [0.29, 0.717) is 45.0 Å². The number of ether oxygens (including phenoxy) is 4. The fourth-order valence-electron chi connectivity index (χ4n) is 5.45. The van der Waals surface area contributed by atoms with Crippen LogP contribution in [0.25, 0.3) is 0 Å². The molecule has 4 rings (SSSR count). The van der Waals surface area contributed by atoms with Gasteiger partial charge >= 0.3 is 0 Å². The summed E-state index contributed by atoms with van der Waals surface area (Å²) >= 11 is 13.7. The molecule has 0 unspecified atom stereocenters. The van der Waals surface area contributed by atoms with E-state index >= 15 is 0 Å². The lowest BCUT2D eigenvalue weighted by Gasteiger charge is -2.47. The molecule has 0 aromatic heterocycles. The van der Waals surface area contributed by atoms with Gasteiger partial charge in [-0.1, -0.05) is 23.2 Å². The van der Waals surface area contributed by atoms with Crippen LogP contribution in [0.1, 0.15) is 45.5 Å². The Balaban J connectivity index is 2.05. The molecule has 0 aliphatic carbocycles. The Morgan fingerprint density at radius 1 is 0.848 bits per heavy atom. The highest BCUT2D eigenvalue weighted by Crippen LogP contribution is 2.56. The third-order valence-corrected chi connectivity index (χ3v) is 7.65. The van der Waals surface area contributed by atoms with Crippen molar-refractivity contribution in [3.05, 3.63) is 43.4 Å². The first kappa shape index (κ1) is 23.8. The number of carbonyl (C=O) groups is 1. The Bertz CT molecular complexity index is 1150. The van der Waals surface area contributed by atoms with Gasteiger partial charge in [-0.2, -0.15) is 0 Å². The number of fused-ring (bicyclic) bond motifs is 4. The minimum absolute atomic E-state index is 0.0877. The number of nitrogens with zero attached hydrogens (tertiary/aromatic N) is 1. The van der Waals surface area contributed by atoms with Crippen LogP contribution in [0, 0.1) is 13.8 Å². The first-order valence-electron chi connectivity index (χ1n) is 10.5. The summed E-state index contributed by atoms with van der Waals surface area (Å²) in [6, 6.07) is -1.15. The number of hydrogen-bond acceptors (Lipinski definition) is 6. The van der Waals surface area contributed by atoms with Crippen LogP contribution in [0.5, 0.6) is 23.0 Å². The van der Waals surface area contributed by atoms with Gasteiger partial charge in [-0.25, -0.2) is 0 Å². The van der Waals surface area contributed by atoms with E-state index in [1.54, 1.807) is 19.1 Å². The number of benzene rings is 2. The predicted octanol–water partition coefficient (Wildman–Crippen LogP) is 4.36. The van der Waals surface area contributed by atoms with E-state index in [-0.39, 0.29) is 18.9 Å². The molecule has 7 nitrogen and oxygen atoms in total. The largest absolute Gasteiger partial charge is 0.496 e. The molecule has 2 heterocycles. The molecule has 0 spiro atoms. The maximum Gasteiger partial charge on any atom is 0.228 e. The number of carbonyl (C=O) groups excluding carboxylic acids is 1. The van der Waals surface area contributed by atoms with Crippen LogP contribution in [-0.4, -0.2) is 51.0 Å². The zero-order valence-electron chi connectivity index (χ0n) is 19.5. The zero-order valence-corrected chi connectivity index (χ0v) is 21.0. The van der Waals surface area contributed by atoms with Crippen LogP contribution >= 0.6 is 23.2 Å². The van der Waals surface area contributed by atoms with Crippen LogP contribution in [0.15, 0.2) is 0 Å². The molecule has 33 heavy (non-hydrogen) atoms. The van der Waals surface area contributed by atoms with Gasteiger partial charge in [0.1, 0.15) is 11.5 Å². The fourth-order valence-corrected chi connectivity index (χ4v) is 6.17. The summed E-state index contributed by atoms with van der Waals surface area (Å²) in [4.78, 5) is 15.2. The van der Waals surface area contributed by atoms with E-state index in [1.165, 1.54) is 14.2 Å². The van der Waals surface area contributed by atoms with Crippen molar-refractivity contribution < 1.29 is 28.8 Å².